The lowest BCUT2D eigenvalue weighted by atomic mass is 10.3. The molecule has 2 aromatic carbocycles. The first-order valence-corrected chi connectivity index (χ1v) is 6.33. The molecule has 3 rings (SSSR count). The highest BCUT2D eigenvalue weighted by Gasteiger charge is 2.01. The smallest absolute Gasteiger partial charge is 0.243 e. The van der Waals surface area contributed by atoms with Gasteiger partial charge in [-0.2, -0.15) is 5.10 Å². The lowest BCUT2D eigenvalue weighted by Gasteiger charge is -1.97. The van der Waals surface area contributed by atoms with Crippen LogP contribution in [0.2, 0.25) is 0 Å². The van der Waals surface area contributed by atoms with Crippen molar-refractivity contribution in [1.29, 1.82) is 5.41 Å². The van der Waals surface area contributed by atoms with E-state index in [0.29, 0.717) is 11.1 Å². The summed E-state index contributed by atoms with van der Waals surface area (Å²) >= 11 is 0. The number of para-hydroxylation sites is 3. The largest absolute Gasteiger partial charge is 0.435 e. The van der Waals surface area contributed by atoms with E-state index in [1.165, 1.54) is 0 Å². The van der Waals surface area contributed by atoms with Crippen LogP contribution in [0.4, 0.5) is 11.5 Å². The summed E-state index contributed by atoms with van der Waals surface area (Å²) in [6, 6.07) is 16.5. The molecule has 6 heteroatoms. The summed E-state index contributed by atoms with van der Waals surface area (Å²) in [5.74, 6) is 0.133. The van der Waals surface area contributed by atoms with Crippen LogP contribution in [0.15, 0.2) is 64.1 Å². The van der Waals surface area contributed by atoms with Gasteiger partial charge in [-0.05, 0) is 24.3 Å². The van der Waals surface area contributed by atoms with Gasteiger partial charge in [-0.1, -0.05) is 30.3 Å². The molecule has 0 amide bonds. The van der Waals surface area contributed by atoms with Crippen molar-refractivity contribution < 1.29 is 4.42 Å². The highest BCUT2D eigenvalue weighted by atomic mass is 16.3. The molecule has 0 saturated carbocycles. The number of hydrogen-bond donors (Lipinski definition) is 3. The minimum absolute atomic E-state index is 0.133. The van der Waals surface area contributed by atoms with Gasteiger partial charge >= 0.3 is 0 Å². The Kier molecular flexibility index (Phi) is 3.34. The first-order chi connectivity index (χ1) is 10.2. The summed E-state index contributed by atoms with van der Waals surface area (Å²) in [5, 5.41) is 12.2. The molecule has 6 nitrogen and oxygen atoms in total. The fourth-order valence-electron chi connectivity index (χ4n) is 1.83. The maximum absolute atomic E-state index is 7.96. The number of hydrogen-bond acceptors (Lipinski definition) is 6. The minimum Gasteiger partial charge on any atom is -0.435 e. The minimum atomic E-state index is -0.148. The van der Waals surface area contributed by atoms with Crippen molar-refractivity contribution >= 4 is 22.6 Å². The fourth-order valence-corrected chi connectivity index (χ4v) is 1.83. The van der Waals surface area contributed by atoms with Crippen molar-refractivity contribution in [2.75, 3.05) is 11.2 Å². The predicted molar refractivity (Wildman–Crippen MR) is 79.9 cm³/mol. The summed E-state index contributed by atoms with van der Waals surface area (Å²) < 4.78 is 5.45. The van der Waals surface area contributed by atoms with Crippen LogP contribution < -0.4 is 22.1 Å². The number of nitrogens with one attached hydrogen (secondary N) is 2. The summed E-state index contributed by atoms with van der Waals surface area (Å²) in [7, 11) is 0. The molecule has 0 unspecified atom stereocenters. The number of benzene rings is 2. The third kappa shape index (κ3) is 2.74. The molecule has 0 fully saturated rings. The Balaban J connectivity index is 2.16. The van der Waals surface area contributed by atoms with Crippen LogP contribution in [0.25, 0.3) is 11.1 Å². The van der Waals surface area contributed by atoms with E-state index in [2.05, 4.69) is 15.5 Å². The SMILES string of the molecule is N=c1oc2ccccc2nc(N)/c1=N\Nc1ccccc1. The molecule has 0 aliphatic carbocycles. The lowest BCUT2D eigenvalue weighted by molar-refractivity contribution is 0.527. The Hall–Kier alpha value is -3.15. The first kappa shape index (κ1) is 12.9. The zero-order chi connectivity index (χ0) is 14.7. The highest BCUT2D eigenvalue weighted by molar-refractivity contribution is 5.71. The van der Waals surface area contributed by atoms with Gasteiger partial charge in [0.05, 0.1) is 5.69 Å². The number of anilines is 2. The Morgan fingerprint density at radius 3 is 2.57 bits per heavy atom. The second-order valence-electron chi connectivity index (χ2n) is 4.33. The second kappa shape index (κ2) is 5.46. The van der Waals surface area contributed by atoms with Crippen LogP contribution in [-0.2, 0) is 0 Å². The number of rotatable bonds is 2. The molecule has 0 atom stereocenters. The summed E-state index contributed by atoms with van der Waals surface area (Å²) in [4.78, 5) is 4.24. The maximum Gasteiger partial charge on any atom is 0.243 e. The molecule has 21 heavy (non-hydrogen) atoms. The summed E-state index contributed by atoms with van der Waals surface area (Å²) in [6.07, 6.45) is 0. The van der Waals surface area contributed by atoms with Gasteiger partial charge in [-0.3, -0.25) is 10.8 Å². The van der Waals surface area contributed by atoms with Gasteiger partial charge in [0.15, 0.2) is 16.8 Å². The molecule has 0 aliphatic rings. The average Bonchev–Trinajstić information content (AvgIpc) is 2.62. The summed E-state index contributed by atoms with van der Waals surface area (Å²) in [5.41, 5.74) is 10.4. The first-order valence-electron chi connectivity index (χ1n) is 6.33. The number of nitrogens with zero attached hydrogens (tertiary/aromatic N) is 2. The number of fused-ring (bicyclic) bond motifs is 1. The van der Waals surface area contributed by atoms with E-state index in [1.54, 1.807) is 12.1 Å². The van der Waals surface area contributed by atoms with E-state index in [9.17, 15) is 0 Å². The van der Waals surface area contributed by atoms with Crippen molar-refractivity contribution in [2.24, 2.45) is 5.10 Å². The van der Waals surface area contributed by atoms with Gasteiger partial charge < -0.3 is 10.2 Å². The number of nitrogen functional groups attached to an aromatic ring is 1. The topological polar surface area (TPSA) is 100 Å². The van der Waals surface area contributed by atoms with E-state index in [-0.39, 0.29) is 16.7 Å². The third-order valence-electron chi connectivity index (χ3n) is 2.85. The molecule has 0 aliphatic heterocycles. The van der Waals surface area contributed by atoms with E-state index in [0.717, 1.165) is 5.69 Å². The van der Waals surface area contributed by atoms with Crippen molar-refractivity contribution in [3.05, 3.63) is 65.5 Å². The van der Waals surface area contributed by atoms with Gasteiger partial charge in [0.25, 0.3) is 0 Å². The van der Waals surface area contributed by atoms with Gasteiger partial charge in [-0.25, -0.2) is 4.98 Å². The molecular weight excluding hydrogens is 266 g/mol. The third-order valence-corrected chi connectivity index (χ3v) is 2.85. The van der Waals surface area contributed by atoms with Crippen molar-refractivity contribution in [3.63, 3.8) is 0 Å². The second-order valence-corrected chi connectivity index (χ2v) is 4.33. The van der Waals surface area contributed by atoms with E-state index < -0.39 is 0 Å². The van der Waals surface area contributed by atoms with E-state index in [4.69, 9.17) is 15.6 Å². The zero-order valence-electron chi connectivity index (χ0n) is 11.1. The highest BCUT2D eigenvalue weighted by Crippen LogP contribution is 2.07. The normalized spacial score (nSPS) is 11.5. The molecule has 0 bridgehead atoms. The van der Waals surface area contributed by atoms with E-state index in [1.807, 2.05) is 42.5 Å². The Morgan fingerprint density at radius 1 is 1.05 bits per heavy atom. The van der Waals surface area contributed by atoms with Crippen molar-refractivity contribution in [1.82, 2.24) is 4.98 Å². The van der Waals surface area contributed by atoms with Gasteiger partial charge in [0.1, 0.15) is 5.52 Å². The van der Waals surface area contributed by atoms with Crippen LogP contribution in [-0.4, -0.2) is 4.98 Å². The van der Waals surface area contributed by atoms with Crippen LogP contribution in [0.3, 0.4) is 0 Å². The Labute approximate surface area is 120 Å². The summed E-state index contributed by atoms with van der Waals surface area (Å²) in [6.45, 7) is 0. The van der Waals surface area contributed by atoms with E-state index >= 15 is 0 Å². The monoisotopic (exact) mass is 279 g/mol. The molecule has 4 N–H and O–H groups in total. The molecule has 0 radical (unpaired) electrons. The van der Waals surface area contributed by atoms with Crippen LogP contribution in [0.5, 0.6) is 0 Å². The lowest BCUT2D eigenvalue weighted by Crippen LogP contribution is -2.27. The van der Waals surface area contributed by atoms with Gasteiger partial charge in [0.2, 0.25) is 5.55 Å². The molecule has 1 heterocycles. The average molecular weight is 279 g/mol. The Morgan fingerprint density at radius 2 is 1.76 bits per heavy atom. The molecule has 1 aromatic heterocycles. The van der Waals surface area contributed by atoms with Crippen LogP contribution in [0.1, 0.15) is 0 Å². The molecule has 0 spiro atoms. The van der Waals surface area contributed by atoms with Crippen molar-refractivity contribution in [3.8, 4) is 0 Å². The van der Waals surface area contributed by atoms with Gasteiger partial charge in [-0.15, -0.1) is 0 Å². The molecule has 104 valence electrons. The number of nitrogens with two attached hydrogens (primary N) is 1. The molecule has 3 aromatic rings. The molecular formula is C15H13N5O. The number of aromatic nitrogens is 1. The quantitative estimate of drug-likeness (QED) is 0.623. The Bertz CT molecular complexity index is 903. The fraction of sp³-hybridized carbons (Fsp3) is 0. The van der Waals surface area contributed by atoms with Crippen molar-refractivity contribution in [2.45, 2.75) is 0 Å². The predicted octanol–water partition coefficient (Wildman–Crippen LogP) is 1.82. The zero-order valence-corrected chi connectivity index (χ0v) is 11.1. The van der Waals surface area contributed by atoms with Crippen LogP contribution in [0, 0.1) is 5.41 Å². The molecule has 0 saturated heterocycles. The maximum atomic E-state index is 7.96. The van der Waals surface area contributed by atoms with Gasteiger partial charge in [0, 0.05) is 0 Å². The standard InChI is InChI=1S/C15H13N5O/c16-14-13(20-19-10-6-2-1-3-7-10)15(17)21-12-9-5-4-8-11(12)18-14/h1-9,17,19H,(H2,16,18)/b17-15?,20-13+. The van der Waals surface area contributed by atoms with Crippen LogP contribution >= 0.6 is 0 Å².